The largest absolute Gasteiger partial charge is 0.496 e. The fourth-order valence-corrected chi connectivity index (χ4v) is 3.39. The Labute approximate surface area is 180 Å². The third-order valence-corrected chi connectivity index (χ3v) is 4.97. The van der Waals surface area contributed by atoms with E-state index in [2.05, 4.69) is 9.97 Å². The molecule has 0 bridgehead atoms. The molecule has 0 aliphatic rings. The van der Waals surface area contributed by atoms with E-state index in [4.69, 9.17) is 14.2 Å². The number of nitrogens with zero attached hydrogens (tertiary/aromatic N) is 1. The molecule has 6 heteroatoms. The Morgan fingerprint density at radius 1 is 0.871 bits per heavy atom. The number of carbonyl (C=O) groups is 1. The van der Waals surface area contributed by atoms with Gasteiger partial charge in [0.05, 0.1) is 43.5 Å². The summed E-state index contributed by atoms with van der Waals surface area (Å²) in [5, 5.41) is 0. The average molecular weight is 414 g/mol. The molecule has 156 valence electrons. The summed E-state index contributed by atoms with van der Waals surface area (Å²) in [6.45, 7) is 0. The van der Waals surface area contributed by atoms with E-state index in [9.17, 15) is 4.79 Å². The number of Topliss-reactive ketones (excluding diaryl/α,β-unsaturated/α-hetero) is 1. The first-order valence-corrected chi connectivity index (χ1v) is 9.71. The Balaban J connectivity index is 1.95. The van der Waals surface area contributed by atoms with Crippen molar-refractivity contribution in [3.05, 3.63) is 83.7 Å². The molecule has 1 aromatic heterocycles. The summed E-state index contributed by atoms with van der Waals surface area (Å²) in [4.78, 5) is 21.4. The second-order valence-corrected chi connectivity index (χ2v) is 6.80. The van der Waals surface area contributed by atoms with Gasteiger partial charge in [-0.2, -0.15) is 0 Å². The van der Waals surface area contributed by atoms with Gasteiger partial charge in [0, 0.05) is 17.7 Å². The second kappa shape index (κ2) is 8.75. The Morgan fingerprint density at radius 2 is 1.52 bits per heavy atom. The molecule has 0 amide bonds. The summed E-state index contributed by atoms with van der Waals surface area (Å²) < 4.78 is 16.5. The van der Waals surface area contributed by atoms with Crippen LogP contribution in [0, 0.1) is 0 Å². The molecular weight excluding hydrogens is 392 g/mol. The normalized spacial score (nSPS) is 11.4. The van der Waals surface area contributed by atoms with Gasteiger partial charge in [-0.05, 0) is 18.2 Å². The number of methoxy groups -OCH3 is 3. The number of aromatic amines is 1. The molecule has 0 radical (unpaired) electrons. The van der Waals surface area contributed by atoms with E-state index in [0.29, 0.717) is 39.8 Å². The number of ketones is 1. The SMILES string of the molecule is COc1cc(OC)c(/C=C(/C(=O)c2ccccc2)c2nc3ccccc3[nH]2)c(OC)c1. The van der Waals surface area contributed by atoms with E-state index in [1.54, 1.807) is 51.7 Å². The zero-order valence-corrected chi connectivity index (χ0v) is 17.5. The monoisotopic (exact) mass is 414 g/mol. The lowest BCUT2D eigenvalue weighted by atomic mass is 9.99. The molecule has 3 aromatic carbocycles. The Morgan fingerprint density at radius 3 is 2.13 bits per heavy atom. The van der Waals surface area contributed by atoms with Crippen molar-refractivity contribution >= 4 is 28.5 Å². The predicted octanol–water partition coefficient (Wildman–Crippen LogP) is 5.01. The maximum atomic E-state index is 13.5. The summed E-state index contributed by atoms with van der Waals surface area (Å²) in [5.74, 6) is 1.93. The fraction of sp³-hybridized carbons (Fsp3) is 0.120. The standard InChI is InChI=1S/C25H22N2O4/c1-29-17-13-22(30-2)18(23(14-17)31-3)15-19(24(28)16-9-5-4-6-10-16)25-26-20-11-7-8-12-21(20)27-25/h4-15H,1-3H3,(H,26,27)/b19-15-. The number of aromatic nitrogens is 2. The number of H-pyrrole nitrogens is 1. The van der Waals surface area contributed by atoms with E-state index >= 15 is 0 Å². The summed E-state index contributed by atoms with van der Waals surface area (Å²) >= 11 is 0. The van der Waals surface area contributed by atoms with Gasteiger partial charge in [-0.1, -0.05) is 42.5 Å². The third kappa shape index (κ3) is 4.00. The van der Waals surface area contributed by atoms with Crippen molar-refractivity contribution in [1.29, 1.82) is 0 Å². The van der Waals surface area contributed by atoms with Gasteiger partial charge in [0.1, 0.15) is 23.1 Å². The smallest absolute Gasteiger partial charge is 0.196 e. The first-order valence-electron chi connectivity index (χ1n) is 9.71. The summed E-state index contributed by atoms with van der Waals surface area (Å²) in [5.41, 5.74) is 3.19. The van der Waals surface area contributed by atoms with Gasteiger partial charge in [0.15, 0.2) is 5.78 Å². The van der Waals surface area contributed by atoms with Gasteiger partial charge in [-0.15, -0.1) is 0 Å². The molecule has 0 saturated carbocycles. The topological polar surface area (TPSA) is 73.4 Å². The van der Waals surface area contributed by atoms with Crippen LogP contribution < -0.4 is 14.2 Å². The summed E-state index contributed by atoms with van der Waals surface area (Å²) in [6.07, 6.45) is 1.74. The molecule has 0 aliphatic carbocycles. The number of fused-ring (bicyclic) bond motifs is 1. The predicted molar refractivity (Wildman–Crippen MR) is 121 cm³/mol. The molecule has 0 aliphatic heterocycles. The number of nitrogens with one attached hydrogen (secondary N) is 1. The van der Waals surface area contributed by atoms with Gasteiger partial charge >= 0.3 is 0 Å². The number of ether oxygens (including phenoxy) is 3. The van der Waals surface area contributed by atoms with E-state index in [1.165, 1.54) is 0 Å². The van der Waals surface area contributed by atoms with E-state index < -0.39 is 0 Å². The van der Waals surface area contributed by atoms with Gasteiger partial charge in [0.25, 0.3) is 0 Å². The molecule has 0 spiro atoms. The van der Waals surface area contributed by atoms with Gasteiger partial charge in [0.2, 0.25) is 0 Å². The van der Waals surface area contributed by atoms with Crippen LogP contribution in [-0.2, 0) is 0 Å². The Kier molecular flexibility index (Phi) is 5.71. The number of para-hydroxylation sites is 2. The lowest BCUT2D eigenvalue weighted by Crippen LogP contribution is -2.05. The number of imidazole rings is 1. The maximum Gasteiger partial charge on any atom is 0.196 e. The Hall–Kier alpha value is -4.06. The van der Waals surface area contributed by atoms with Crippen LogP contribution >= 0.6 is 0 Å². The summed E-state index contributed by atoms with van der Waals surface area (Å²) in [7, 11) is 4.69. The minimum atomic E-state index is -0.167. The molecule has 4 aromatic rings. The minimum absolute atomic E-state index is 0.167. The van der Waals surface area contributed by atoms with E-state index in [1.807, 2.05) is 42.5 Å². The highest BCUT2D eigenvalue weighted by Crippen LogP contribution is 2.37. The molecule has 4 rings (SSSR count). The van der Waals surface area contributed by atoms with Crippen LogP contribution in [0.25, 0.3) is 22.7 Å². The van der Waals surface area contributed by atoms with Crippen molar-refractivity contribution in [2.75, 3.05) is 21.3 Å². The van der Waals surface area contributed by atoms with Crippen LogP contribution in [0.3, 0.4) is 0 Å². The summed E-state index contributed by atoms with van der Waals surface area (Å²) in [6, 6.07) is 20.2. The number of hydrogen-bond donors (Lipinski definition) is 1. The average Bonchev–Trinajstić information content (AvgIpc) is 3.26. The van der Waals surface area contributed by atoms with Crippen molar-refractivity contribution in [2.24, 2.45) is 0 Å². The molecule has 31 heavy (non-hydrogen) atoms. The zero-order valence-electron chi connectivity index (χ0n) is 17.5. The van der Waals surface area contributed by atoms with Gasteiger partial charge in [-0.3, -0.25) is 4.79 Å². The fourth-order valence-electron chi connectivity index (χ4n) is 3.39. The maximum absolute atomic E-state index is 13.5. The molecular formula is C25H22N2O4. The molecule has 0 saturated heterocycles. The third-order valence-electron chi connectivity index (χ3n) is 4.97. The van der Waals surface area contributed by atoms with E-state index in [0.717, 1.165) is 11.0 Å². The van der Waals surface area contributed by atoms with Crippen molar-refractivity contribution in [2.45, 2.75) is 0 Å². The van der Waals surface area contributed by atoms with Crippen LogP contribution in [-0.4, -0.2) is 37.1 Å². The van der Waals surface area contributed by atoms with Crippen molar-refractivity contribution in [3.63, 3.8) is 0 Å². The van der Waals surface area contributed by atoms with Crippen LogP contribution in [0.4, 0.5) is 0 Å². The highest BCUT2D eigenvalue weighted by Gasteiger charge is 2.21. The molecule has 0 fully saturated rings. The van der Waals surface area contributed by atoms with Gasteiger partial charge in [-0.25, -0.2) is 4.98 Å². The Bertz CT molecular complexity index is 1200. The lowest BCUT2D eigenvalue weighted by Gasteiger charge is -2.14. The highest BCUT2D eigenvalue weighted by molar-refractivity contribution is 6.32. The van der Waals surface area contributed by atoms with Crippen molar-refractivity contribution in [1.82, 2.24) is 9.97 Å². The second-order valence-electron chi connectivity index (χ2n) is 6.80. The van der Waals surface area contributed by atoms with E-state index in [-0.39, 0.29) is 5.78 Å². The van der Waals surface area contributed by atoms with Crippen LogP contribution in [0.15, 0.2) is 66.7 Å². The highest BCUT2D eigenvalue weighted by atomic mass is 16.5. The first-order chi connectivity index (χ1) is 15.1. The number of carbonyl (C=O) groups excluding carboxylic acids is 1. The quantitative estimate of drug-likeness (QED) is 0.340. The molecule has 1 N–H and O–H groups in total. The van der Waals surface area contributed by atoms with Crippen LogP contribution in [0.5, 0.6) is 17.2 Å². The number of benzene rings is 3. The van der Waals surface area contributed by atoms with Crippen LogP contribution in [0.2, 0.25) is 0 Å². The number of hydrogen-bond acceptors (Lipinski definition) is 5. The molecule has 1 heterocycles. The minimum Gasteiger partial charge on any atom is -0.496 e. The molecule has 0 atom stereocenters. The zero-order chi connectivity index (χ0) is 21.8. The van der Waals surface area contributed by atoms with Crippen molar-refractivity contribution in [3.8, 4) is 17.2 Å². The number of allylic oxidation sites excluding steroid dienone is 1. The number of rotatable bonds is 7. The van der Waals surface area contributed by atoms with Crippen LogP contribution in [0.1, 0.15) is 21.7 Å². The first kappa shape index (κ1) is 20.2. The molecule has 0 unspecified atom stereocenters. The van der Waals surface area contributed by atoms with Crippen molar-refractivity contribution < 1.29 is 19.0 Å². The molecule has 6 nitrogen and oxygen atoms in total. The van der Waals surface area contributed by atoms with Gasteiger partial charge < -0.3 is 19.2 Å². The lowest BCUT2D eigenvalue weighted by molar-refractivity contribution is 0.105.